The van der Waals surface area contributed by atoms with E-state index < -0.39 is 0 Å². The first-order chi connectivity index (χ1) is 7.34. The smallest absolute Gasteiger partial charge is 0.0787 e. The highest BCUT2D eigenvalue weighted by atomic mass is 16.5. The molecule has 0 aromatic carbocycles. The van der Waals surface area contributed by atoms with Gasteiger partial charge in [-0.2, -0.15) is 0 Å². The maximum absolute atomic E-state index is 6.13. The third-order valence-electron chi connectivity index (χ3n) is 4.12. The van der Waals surface area contributed by atoms with Crippen LogP contribution in [0.5, 0.6) is 0 Å². The lowest BCUT2D eigenvalue weighted by Crippen LogP contribution is -2.48. The highest BCUT2D eigenvalue weighted by molar-refractivity contribution is 5.01. The van der Waals surface area contributed by atoms with Crippen molar-refractivity contribution in [2.24, 2.45) is 5.92 Å². The van der Waals surface area contributed by atoms with Crippen molar-refractivity contribution in [2.45, 2.75) is 83.6 Å². The van der Waals surface area contributed by atoms with E-state index in [0.29, 0.717) is 12.1 Å². The maximum atomic E-state index is 6.13. The Morgan fingerprint density at radius 3 is 2.25 bits per heavy atom. The van der Waals surface area contributed by atoms with E-state index in [0.717, 1.165) is 12.3 Å². The van der Waals surface area contributed by atoms with Gasteiger partial charge in [0, 0.05) is 12.1 Å². The van der Waals surface area contributed by atoms with Gasteiger partial charge >= 0.3 is 0 Å². The third kappa shape index (κ3) is 2.60. The summed E-state index contributed by atoms with van der Waals surface area (Å²) in [5.41, 5.74) is 0.00875. The van der Waals surface area contributed by atoms with Crippen molar-refractivity contribution < 1.29 is 4.74 Å². The van der Waals surface area contributed by atoms with Crippen LogP contribution in [0.2, 0.25) is 0 Å². The molecule has 1 aliphatic carbocycles. The molecule has 0 aromatic rings. The summed E-state index contributed by atoms with van der Waals surface area (Å²) in [5.74, 6) is 0.935. The Hall–Kier alpha value is -0.0800. The average Bonchev–Trinajstić information content (AvgIpc) is 2.89. The van der Waals surface area contributed by atoms with Crippen LogP contribution >= 0.6 is 0 Å². The van der Waals surface area contributed by atoms with Crippen molar-refractivity contribution in [2.75, 3.05) is 0 Å². The van der Waals surface area contributed by atoms with Crippen molar-refractivity contribution in [3.8, 4) is 0 Å². The molecule has 94 valence electrons. The lowest BCUT2D eigenvalue weighted by atomic mass is 9.93. The zero-order valence-corrected chi connectivity index (χ0v) is 11.5. The lowest BCUT2D eigenvalue weighted by Gasteiger charge is -2.31. The number of rotatable bonds is 4. The number of hydrogen-bond acceptors (Lipinski definition) is 2. The summed E-state index contributed by atoms with van der Waals surface area (Å²) < 4.78 is 6.13. The molecule has 2 atom stereocenters. The van der Waals surface area contributed by atoms with Gasteiger partial charge in [0.1, 0.15) is 0 Å². The minimum Gasteiger partial charge on any atom is -0.368 e. The summed E-state index contributed by atoms with van der Waals surface area (Å²) in [6, 6.07) is 1.22. The fraction of sp³-hybridized carbons (Fsp3) is 1.00. The Kier molecular flexibility index (Phi) is 3.09. The number of ether oxygens (including phenoxy) is 1. The minimum atomic E-state index is -0.0220. The van der Waals surface area contributed by atoms with E-state index in [9.17, 15) is 0 Å². The molecule has 0 spiro atoms. The zero-order valence-electron chi connectivity index (χ0n) is 11.5. The second-order valence-corrected chi connectivity index (χ2v) is 6.74. The molecule has 2 fully saturated rings. The van der Waals surface area contributed by atoms with Crippen molar-refractivity contribution in [1.82, 2.24) is 5.32 Å². The van der Waals surface area contributed by atoms with E-state index in [1.807, 2.05) is 0 Å². The van der Waals surface area contributed by atoms with Gasteiger partial charge in [-0.3, -0.25) is 0 Å². The molecule has 1 saturated carbocycles. The molecule has 16 heavy (non-hydrogen) atoms. The van der Waals surface area contributed by atoms with Crippen molar-refractivity contribution in [3.05, 3.63) is 0 Å². The molecule has 1 heterocycles. The molecule has 1 aliphatic heterocycles. The van der Waals surface area contributed by atoms with Gasteiger partial charge in [-0.1, -0.05) is 6.92 Å². The van der Waals surface area contributed by atoms with Gasteiger partial charge in [0.25, 0.3) is 0 Å². The van der Waals surface area contributed by atoms with Crippen LogP contribution in [0, 0.1) is 5.92 Å². The van der Waals surface area contributed by atoms with Crippen LogP contribution in [0.25, 0.3) is 0 Å². The van der Waals surface area contributed by atoms with Crippen LogP contribution in [0.4, 0.5) is 0 Å². The topological polar surface area (TPSA) is 21.3 Å². The van der Waals surface area contributed by atoms with Crippen molar-refractivity contribution in [3.63, 3.8) is 0 Å². The second kappa shape index (κ2) is 3.99. The van der Waals surface area contributed by atoms with Crippen LogP contribution in [0.3, 0.4) is 0 Å². The molecular formula is C14H27NO. The Morgan fingerprint density at radius 1 is 1.25 bits per heavy atom. The van der Waals surface area contributed by atoms with E-state index in [4.69, 9.17) is 4.74 Å². The third-order valence-corrected chi connectivity index (χ3v) is 4.12. The summed E-state index contributed by atoms with van der Waals surface area (Å²) in [4.78, 5) is 0. The normalized spacial score (nSPS) is 33.9. The van der Waals surface area contributed by atoms with Gasteiger partial charge in [0.05, 0.1) is 11.2 Å². The fourth-order valence-corrected chi connectivity index (χ4v) is 3.17. The predicted octanol–water partition coefficient (Wildman–Crippen LogP) is 3.11. The van der Waals surface area contributed by atoms with Crippen molar-refractivity contribution in [1.29, 1.82) is 0 Å². The molecule has 0 aromatic heterocycles. The second-order valence-electron chi connectivity index (χ2n) is 6.74. The van der Waals surface area contributed by atoms with Gasteiger partial charge in [0.2, 0.25) is 0 Å². The van der Waals surface area contributed by atoms with Gasteiger partial charge in [0.15, 0.2) is 0 Å². The summed E-state index contributed by atoms with van der Waals surface area (Å²) in [6.45, 7) is 11.1. The standard InChI is InChI=1S/C14H27NO/c1-6-11(10-7-8-10)15-12-9-13(2,3)16-14(12,4)5/h10-12,15H,6-9H2,1-5H3. The summed E-state index contributed by atoms with van der Waals surface area (Å²) in [6.07, 6.45) is 5.21. The van der Waals surface area contributed by atoms with Crippen LogP contribution < -0.4 is 5.32 Å². The fourth-order valence-electron chi connectivity index (χ4n) is 3.17. The maximum Gasteiger partial charge on any atom is 0.0787 e. The summed E-state index contributed by atoms with van der Waals surface area (Å²) >= 11 is 0. The molecule has 1 saturated heterocycles. The first-order valence-electron chi connectivity index (χ1n) is 6.80. The molecule has 0 bridgehead atoms. The quantitative estimate of drug-likeness (QED) is 0.794. The van der Waals surface area contributed by atoms with Gasteiger partial charge in [-0.15, -0.1) is 0 Å². The summed E-state index contributed by atoms with van der Waals surface area (Å²) in [5, 5.41) is 3.85. The number of hydrogen-bond donors (Lipinski definition) is 1. The molecule has 1 N–H and O–H groups in total. The first-order valence-corrected chi connectivity index (χ1v) is 6.80. The highest BCUT2D eigenvalue weighted by Gasteiger charge is 2.47. The SMILES string of the molecule is CCC(NC1CC(C)(C)OC1(C)C)C1CC1. The predicted molar refractivity (Wildman–Crippen MR) is 67.6 cm³/mol. The van der Waals surface area contributed by atoms with Crippen LogP contribution in [-0.4, -0.2) is 23.3 Å². The zero-order chi connectivity index (χ0) is 12.0. The van der Waals surface area contributed by atoms with E-state index in [-0.39, 0.29) is 11.2 Å². The molecule has 2 unspecified atom stereocenters. The molecule has 2 heteroatoms. The monoisotopic (exact) mass is 225 g/mol. The first kappa shape index (κ1) is 12.4. The highest BCUT2D eigenvalue weighted by Crippen LogP contribution is 2.40. The Bertz CT molecular complexity index is 255. The van der Waals surface area contributed by atoms with Gasteiger partial charge in [-0.05, 0) is 59.3 Å². The van der Waals surface area contributed by atoms with Crippen LogP contribution in [0.1, 0.15) is 60.3 Å². The van der Waals surface area contributed by atoms with Gasteiger partial charge < -0.3 is 10.1 Å². The van der Waals surface area contributed by atoms with E-state index in [1.54, 1.807) is 0 Å². The number of nitrogens with one attached hydrogen (secondary N) is 1. The minimum absolute atomic E-state index is 0.0220. The largest absolute Gasteiger partial charge is 0.368 e. The lowest BCUT2D eigenvalue weighted by molar-refractivity contribution is -0.0706. The van der Waals surface area contributed by atoms with E-state index in [2.05, 4.69) is 39.9 Å². The molecular weight excluding hydrogens is 198 g/mol. The Balaban J connectivity index is 1.98. The molecule has 2 aliphatic rings. The van der Waals surface area contributed by atoms with Gasteiger partial charge in [-0.25, -0.2) is 0 Å². The Morgan fingerprint density at radius 2 is 1.88 bits per heavy atom. The average molecular weight is 225 g/mol. The molecule has 0 radical (unpaired) electrons. The molecule has 2 nitrogen and oxygen atoms in total. The van der Waals surface area contributed by atoms with Crippen LogP contribution in [-0.2, 0) is 4.74 Å². The molecule has 0 amide bonds. The Labute approximate surface area is 100 Å². The van der Waals surface area contributed by atoms with E-state index in [1.165, 1.54) is 19.3 Å². The van der Waals surface area contributed by atoms with Crippen molar-refractivity contribution >= 4 is 0 Å². The molecule has 2 rings (SSSR count). The summed E-state index contributed by atoms with van der Waals surface area (Å²) in [7, 11) is 0. The van der Waals surface area contributed by atoms with Crippen LogP contribution in [0.15, 0.2) is 0 Å². The van der Waals surface area contributed by atoms with E-state index >= 15 is 0 Å².